The predicted octanol–water partition coefficient (Wildman–Crippen LogP) is 7.58. The van der Waals surface area contributed by atoms with Crippen LogP contribution in [0.3, 0.4) is 0 Å². The fourth-order valence-corrected chi connectivity index (χ4v) is 4.85. The second-order valence-electron chi connectivity index (χ2n) is 6.10. The lowest BCUT2D eigenvalue weighted by molar-refractivity contribution is 1.11. The molecule has 0 aliphatic carbocycles. The fourth-order valence-electron chi connectivity index (χ4n) is 2.46. The first-order chi connectivity index (χ1) is 12.1. The van der Waals surface area contributed by atoms with Crippen molar-refractivity contribution in [2.24, 2.45) is 0 Å². The lowest BCUT2D eigenvalue weighted by Gasteiger charge is -2.17. The van der Waals surface area contributed by atoms with Crippen LogP contribution in [-0.4, -0.2) is 5.75 Å². The second-order valence-corrected chi connectivity index (χ2v) is 8.90. The molecular weight excluding hydrogens is 364 g/mol. The van der Waals surface area contributed by atoms with Gasteiger partial charge in [-0.3, -0.25) is 0 Å². The number of benzene rings is 3. The van der Waals surface area contributed by atoms with Crippen LogP contribution in [0.4, 0.5) is 0 Å². The summed E-state index contributed by atoms with van der Waals surface area (Å²) in [7, 11) is 0. The Morgan fingerprint density at radius 3 is 1.80 bits per heavy atom. The monoisotopic (exact) mass is 384 g/mol. The van der Waals surface area contributed by atoms with Crippen LogP contribution in [0.5, 0.6) is 0 Å². The first kappa shape index (κ1) is 18.4. The molecule has 0 nitrogen and oxygen atoms in total. The normalized spacial score (nSPS) is 12.1. The Hall–Kier alpha value is -1.35. The molecule has 0 fully saturated rings. The summed E-state index contributed by atoms with van der Waals surface area (Å²) in [5, 5.41) is 1.17. The van der Waals surface area contributed by atoms with E-state index in [4.69, 9.17) is 11.6 Å². The SMILES string of the molecule is Cc1ccc(SCC(Sc2ccc(C)cc2)c2ccc(Cl)cc2)cc1. The van der Waals surface area contributed by atoms with E-state index in [1.165, 1.54) is 26.5 Å². The first-order valence-electron chi connectivity index (χ1n) is 8.28. The van der Waals surface area contributed by atoms with E-state index in [9.17, 15) is 0 Å². The van der Waals surface area contributed by atoms with Gasteiger partial charge in [0.15, 0.2) is 0 Å². The highest BCUT2D eigenvalue weighted by atomic mass is 35.5. The van der Waals surface area contributed by atoms with Gasteiger partial charge in [0.05, 0.1) is 0 Å². The van der Waals surface area contributed by atoms with Crippen LogP contribution in [0, 0.1) is 13.8 Å². The van der Waals surface area contributed by atoms with Crippen LogP contribution in [0.15, 0.2) is 82.6 Å². The number of aryl methyl sites for hydroxylation is 2. The summed E-state index contributed by atoms with van der Waals surface area (Å²) in [5.74, 6) is 1.02. The molecule has 0 bridgehead atoms. The molecule has 25 heavy (non-hydrogen) atoms. The molecule has 0 aliphatic rings. The van der Waals surface area contributed by atoms with Gasteiger partial charge in [0.2, 0.25) is 0 Å². The number of thioether (sulfide) groups is 2. The molecule has 1 unspecified atom stereocenters. The highest BCUT2D eigenvalue weighted by Crippen LogP contribution is 2.39. The summed E-state index contributed by atoms with van der Waals surface area (Å²) in [6.07, 6.45) is 0. The molecule has 0 amide bonds. The first-order valence-corrected chi connectivity index (χ1v) is 10.5. The summed E-state index contributed by atoms with van der Waals surface area (Å²) >= 11 is 9.89. The van der Waals surface area contributed by atoms with E-state index in [0.717, 1.165) is 10.8 Å². The Labute approximate surface area is 164 Å². The third-order valence-corrected chi connectivity index (χ3v) is 6.80. The predicted molar refractivity (Wildman–Crippen MR) is 113 cm³/mol. The van der Waals surface area contributed by atoms with Crippen molar-refractivity contribution in [3.8, 4) is 0 Å². The molecule has 0 saturated heterocycles. The summed E-state index contributed by atoms with van der Waals surface area (Å²) < 4.78 is 0. The summed E-state index contributed by atoms with van der Waals surface area (Å²) in [6.45, 7) is 4.25. The maximum absolute atomic E-state index is 6.07. The van der Waals surface area contributed by atoms with Gasteiger partial charge in [0, 0.05) is 25.8 Å². The maximum Gasteiger partial charge on any atom is 0.0438 e. The van der Waals surface area contributed by atoms with Crippen molar-refractivity contribution < 1.29 is 0 Å². The summed E-state index contributed by atoms with van der Waals surface area (Å²) in [6, 6.07) is 25.8. The highest BCUT2D eigenvalue weighted by Gasteiger charge is 2.14. The minimum absolute atomic E-state index is 0.381. The van der Waals surface area contributed by atoms with Crippen molar-refractivity contribution in [1.29, 1.82) is 0 Å². The van der Waals surface area contributed by atoms with Gasteiger partial charge in [0.1, 0.15) is 0 Å². The molecule has 3 heteroatoms. The molecule has 0 aliphatic heterocycles. The zero-order valence-corrected chi connectivity index (χ0v) is 16.8. The molecule has 0 aromatic heterocycles. The molecular formula is C22H21ClS2. The minimum atomic E-state index is 0.381. The molecule has 128 valence electrons. The van der Waals surface area contributed by atoms with E-state index >= 15 is 0 Å². The van der Waals surface area contributed by atoms with Gasteiger partial charge < -0.3 is 0 Å². The number of hydrogen-bond donors (Lipinski definition) is 0. The van der Waals surface area contributed by atoms with Gasteiger partial charge in [-0.05, 0) is 55.8 Å². The van der Waals surface area contributed by atoms with Gasteiger partial charge in [-0.1, -0.05) is 59.1 Å². The van der Waals surface area contributed by atoms with Gasteiger partial charge in [-0.2, -0.15) is 0 Å². The summed E-state index contributed by atoms with van der Waals surface area (Å²) in [4.78, 5) is 2.61. The summed E-state index contributed by atoms with van der Waals surface area (Å²) in [5.41, 5.74) is 3.91. The molecule has 3 aromatic rings. The minimum Gasteiger partial charge on any atom is -0.125 e. The Morgan fingerprint density at radius 1 is 0.720 bits per heavy atom. The van der Waals surface area contributed by atoms with Gasteiger partial charge in [-0.15, -0.1) is 23.5 Å². The zero-order chi connectivity index (χ0) is 17.6. The third-order valence-electron chi connectivity index (χ3n) is 3.96. The second kappa shape index (κ2) is 8.84. The lowest BCUT2D eigenvalue weighted by atomic mass is 10.2. The molecule has 0 saturated carbocycles. The van der Waals surface area contributed by atoms with Crippen LogP contribution in [0.1, 0.15) is 21.9 Å². The van der Waals surface area contributed by atoms with Crippen LogP contribution < -0.4 is 0 Å². The van der Waals surface area contributed by atoms with Crippen LogP contribution in [0.25, 0.3) is 0 Å². The smallest absolute Gasteiger partial charge is 0.0438 e. The van der Waals surface area contributed by atoms with Crippen molar-refractivity contribution in [3.05, 3.63) is 94.5 Å². The maximum atomic E-state index is 6.07. The molecule has 1 atom stereocenters. The van der Waals surface area contributed by atoms with E-state index in [0.29, 0.717) is 5.25 Å². The number of rotatable bonds is 6. The Morgan fingerprint density at radius 2 is 1.24 bits per heavy atom. The Balaban J connectivity index is 1.76. The average molecular weight is 385 g/mol. The Bertz CT molecular complexity index is 793. The number of halogens is 1. The quantitative estimate of drug-likeness (QED) is 0.401. The van der Waals surface area contributed by atoms with E-state index in [1.54, 1.807) is 0 Å². The average Bonchev–Trinajstić information content (AvgIpc) is 2.62. The van der Waals surface area contributed by atoms with Crippen molar-refractivity contribution >= 4 is 35.1 Å². The van der Waals surface area contributed by atoms with Crippen molar-refractivity contribution in [2.45, 2.75) is 28.9 Å². The molecule has 0 heterocycles. The van der Waals surface area contributed by atoms with Gasteiger partial charge in [-0.25, -0.2) is 0 Å². The fraction of sp³-hybridized carbons (Fsp3) is 0.182. The standard InChI is InChI=1S/C22H21ClS2/c1-16-3-11-20(12-4-16)24-15-22(18-7-9-19(23)10-8-18)25-21-13-5-17(2)6-14-21/h3-14,22H,15H2,1-2H3. The molecule has 0 radical (unpaired) electrons. The van der Waals surface area contributed by atoms with Gasteiger partial charge >= 0.3 is 0 Å². The number of hydrogen-bond acceptors (Lipinski definition) is 2. The van der Waals surface area contributed by atoms with Crippen molar-refractivity contribution in [3.63, 3.8) is 0 Å². The third kappa shape index (κ3) is 5.57. The van der Waals surface area contributed by atoms with Crippen LogP contribution in [0.2, 0.25) is 5.02 Å². The topological polar surface area (TPSA) is 0 Å². The van der Waals surface area contributed by atoms with Crippen LogP contribution in [-0.2, 0) is 0 Å². The van der Waals surface area contributed by atoms with Crippen molar-refractivity contribution in [2.75, 3.05) is 5.75 Å². The van der Waals surface area contributed by atoms with E-state index in [1.807, 2.05) is 35.7 Å². The largest absolute Gasteiger partial charge is 0.125 e. The molecule has 3 rings (SSSR count). The van der Waals surface area contributed by atoms with Gasteiger partial charge in [0.25, 0.3) is 0 Å². The van der Waals surface area contributed by atoms with E-state index < -0.39 is 0 Å². The lowest BCUT2D eigenvalue weighted by Crippen LogP contribution is -1.98. The molecule has 3 aromatic carbocycles. The van der Waals surface area contributed by atoms with Crippen molar-refractivity contribution in [1.82, 2.24) is 0 Å². The van der Waals surface area contributed by atoms with E-state index in [2.05, 4.69) is 74.5 Å². The van der Waals surface area contributed by atoms with Crippen LogP contribution >= 0.6 is 35.1 Å². The zero-order valence-electron chi connectivity index (χ0n) is 14.4. The molecule has 0 N–H and O–H groups in total. The molecule has 0 spiro atoms. The highest BCUT2D eigenvalue weighted by molar-refractivity contribution is 8.03. The van der Waals surface area contributed by atoms with E-state index in [-0.39, 0.29) is 0 Å². The Kier molecular flexibility index (Phi) is 6.52.